The molecule has 7 nitrogen and oxygen atoms in total. The van der Waals surface area contributed by atoms with E-state index in [-0.39, 0.29) is 11.6 Å². The normalized spacial score (nSPS) is 10.9. The van der Waals surface area contributed by atoms with E-state index in [0.717, 1.165) is 16.6 Å². The van der Waals surface area contributed by atoms with Crippen LogP contribution in [0.4, 0.5) is 0 Å². The summed E-state index contributed by atoms with van der Waals surface area (Å²) in [5.74, 6) is -0.244. The number of aromatic nitrogens is 4. The molecule has 0 bridgehead atoms. The summed E-state index contributed by atoms with van der Waals surface area (Å²) < 4.78 is 3.24. The molecule has 23 heavy (non-hydrogen) atoms. The number of fused-ring (bicyclic) bond motifs is 1. The van der Waals surface area contributed by atoms with Crippen LogP contribution in [0.25, 0.3) is 11.0 Å². The molecule has 1 N–H and O–H groups in total. The van der Waals surface area contributed by atoms with Crippen LogP contribution in [0.15, 0.2) is 41.6 Å². The first-order valence-electron chi connectivity index (χ1n) is 7.26. The number of carbonyl (C=O) groups is 1. The zero-order chi connectivity index (χ0) is 16.4. The number of amides is 1. The summed E-state index contributed by atoms with van der Waals surface area (Å²) in [6, 6.07) is 5.87. The molecule has 0 spiro atoms. The van der Waals surface area contributed by atoms with Crippen LogP contribution in [-0.4, -0.2) is 31.6 Å². The van der Waals surface area contributed by atoms with Gasteiger partial charge in [-0.3, -0.25) is 18.9 Å². The number of imidazole rings is 1. The number of benzene rings is 1. The maximum atomic E-state index is 11.9. The molecule has 2 heterocycles. The van der Waals surface area contributed by atoms with Gasteiger partial charge in [-0.2, -0.15) is 0 Å². The quantitative estimate of drug-likeness (QED) is 0.766. The zero-order valence-corrected chi connectivity index (χ0v) is 13.0. The van der Waals surface area contributed by atoms with Crippen LogP contribution < -0.4 is 11.0 Å². The third kappa shape index (κ3) is 2.85. The van der Waals surface area contributed by atoms with Crippen molar-refractivity contribution in [2.45, 2.75) is 6.42 Å². The average Bonchev–Trinajstić information content (AvgIpc) is 2.80. The standard InChI is InChI=1S/C16H17N5O2/c1-20-13-4-3-11(9-14(13)21(2)16(20)23)5-6-19-15(22)12-10-17-7-8-18-12/h3-4,7-10H,5-6H2,1-2H3,(H,19,22). The third-order valence-electron chi connectivity index (χ3n) is 3.83. The van der Waals surface area contributed by atoms with Gasteiger partial charge in [0.25, 0.3) is 5.91 Å². The summed E-state index contributed by atoms with van der Waals surface area (Å²) in [4.78, 5) is 31.6. The molecule has 0 radical (unpaired) electrons. The second-order valence-electron chi connectivity index (χ2n) is 5.32. The molecule has 0 aliphatic rings. The van der Waals surface area contributed by atoms with E-state index in [4.69, 9.17) is 0 Å². The summed E-state index contributed by atoms with van der Waals surface area (Å²) in [7, 11) is 3.51. The Kier molecular flexibility index (Phi) is 3.92. The highest BCUT2D eigenvalue weighted by molar-refractivity contribution is 5.91. The van der Waals surface area contributed by atoms with E-state index in [1.165, 1.54) is 18.6 Å². The maximum Gasteiger partial charge on any atom is 0.328 e. The lowest BCUT2D eigenvalue weighted by Crippen LogP contribution is -2.26. The van der Waals surface area contributed by atoms with Gasteiger partial charge in [0.15, 0.2) is 0 Å². The van der Waals surface area contributed by atoms with Crippen LogP contribution in [-0.2, 0) is 20.5 Å². The van der Waals surface area contributed by atoms with Gasteiger partial charge in [-0.15, -0.1) is 0 Å². The van der Waals surface area contributed by atoms with Crippen molar-refractivity contribution in [1.82, 2.24) is 24.4 Å². The Hall–Kier alpha value is -2.96. The van der Waals surface area contributed by atoms with E-state index < -0.39 is 0 Å². The molecule has 0 aliphatic heterocycles. The first kappa shape index (κ1) is 15.0. The van der Waals surface area contributed by atoms with Crippen molar-refractivity contribution >= 4 is 16.9 Å². The summed E-state index contributed by atoms with van der Waals surface area (Å²) in [5, 5.41) is 2.81. The highest BCUT2D eigenvalue weighted by Gasteiger charge is 2.09. The molecular weight excluding hydrogens is 294 g/mol. The minimum absolute atomic E-state index is 0.0481. The van der Waals surface area contributed by atoms with Crippen LogP contribution in [0.3, 0.4) is 0 Å². The summed E-state index contributed by atoms with van der Waals surface area (Å²) in [6.45, 7) is 0.488. The second-order valence-corrected chi connectivity index (χ2v) is 5.32. The van der Waals surface area contributed by atoms with Gasteiger partial charge < -0.3 is 5.32 Å². The molecule has 0 atom stereocenters. The molecular formula is C16H17N5O2. The molecule has 0 saturated heterocycles. The number of aryl methyl sites for hydroxylation is 2. The largest absolute Gasteiger partial charge is 0.350 e. The van der Waals surface area contributed by atoms with Gasteiger partial charge in [0, 0.05) is 33.0 Å². The average molecular weight is 311 g/mol. The topological polar surface area (TPSA) is 81.8 Å². The smallest absolute Gasteiger partial charge is 0.328 e. The number of nitrogens with one attached hydrogen (secondary N) is 1. The minimum atomic E-state index is -0.244. The predicted molar refractivity (Wildman–Crippen MR) is 86.2 cm³/mol. The lowest BCUT2D eigenvalue weighted by atomic mass is 10.1. The number of carbonyl (C=O) groups excluding carboxylic acids is 1. The lowest BCUT2D eigenvalue weighted by Gasteiger charge is -2.05. The summed E-state index contributed by atoms with van der Waals surface area (Å²) in [6.07, 6.45) is 5.11. The Balaban J connectivity index is 1.69. The van der Waals surface area contributed by atoms with Gasteiger partial charge >= 0.3 is 5.69 Å². The van der Waals surface area contributed by atoms with Crippen molar-refractivity contribution in [2.75, 3.05) is 6.54 Å². The molecule has 0 fully saturated rings. The van der Waals surface area contributed by atoms with Crippen molar-refractivity contribution in [3.8, 4) is 0 Å². The number of nitrogens with zero attached hydrogens (tertiary/aromatic N) is 4. The van der Waals surface area contributed by atoms with Gasteiger partial charge in [-0.1, -0.05) is 6.07 Å². The van der Waals surface area contributed by atoms with Crippen molar-refractivity contribution < 1.29 is 4.79 Å². The van der Waals surface area contributed by atoms with Crippen LogP contribution in [0.1, 0.15) is 16.1 Å². The number of hydrogen-bond donors (Lipinski definition) is 1. The van der Waals surface area contributed by atoms with Crippen molar-refractivity contribution in [2.24, 2.45) is 14.1 Å². The molecule has 7 heteroatoms. The molecule has 3 rings (SSSR count). The highest BCUT2D eigenvalue weighted by Crippen LogP contribution is 2.14. The van der Waals surface area contributed by atoms with E-state index >= 15 is 0 Å². The van der Waals surface area contributed by atoms with Crippen LogP contribution >= 0.6 is 0 Å². The van der Waals surface area contributed by atoms with Gasteiger partial charge in [0.05, 0.1) is 17.2 Å². The summed E-state index contributed by atoms with van der Waals surface area (Å²) in [5.41, 5.74) is 3.08. The molecule has 0 aliphatic carbocycles. The number of rotatable bonds is 4. The molecule has 118 valence electrons. The Bertz CT molecular complexity index is 911. The van der Waals surface area contributed by atoms with Crippen molar-refractivity contribution in [3.05, 3.63) is 58.5 Å². The zero-order valence-electron chi connectivity index (χ0n) is 13.0. The molecule has 1 aromatic carbocycles. The molecule has 0 unspecified atom stereocenters. The fourth-order valence-electron chi connectivity index (χ4n) is 2.54. The van der Waals surface area contributed by atoms with Crippen molar-refractivity contribution in [1.29, 1.82) is 0 Å². The van der Waals surface area contributed by atoms with E-state index in [1.807, 2.05) is 18.2 Å². The van der Waals surface area contributed by atoms with E-state index in [1.54, 1.807) is 23.2 Å². The maximum absolute atomic E-state index is 11.9. The van der Waals surface area contributed by atoms with Gasteiger partial charge in [0.2, 0.25) is 0 Å². The Morgan fingerprint density at radius 2 is 1.96 bits per heavy atom. The fourth-order valence-corrected chi connectivity index (χ4v) is 2.54. The summed E-state index contributed by atoms with van der Waals surface area (Å²) >= 11 is 0. The predicted octanol–water partition coefficient (Wildman–Crippen LogP) is 0.639. The van der Waals surface area contributed by atoms with Gasteiger partial charge in [-0.25, -0.2) is 9.78 Å². The van der Waals surface area contributed by atoms with Crippen LogP contribution in [0.5, 0.6) is 0 Å². The first-order chi connectivity index (χ1) is 11.1. The SMILES string of the molecule is Cn1c(=O)n(C)c2cc(CCNC(=O)c3cnccn3)ccc21. The lowest BCUT2D eigenvalue weighted by molar-refractivity contribution is 0.0948. The van der Waals surface area contributed by atoms with E-state index in [2.05, 4.69) is 15.3 Å². The Labute approximate surface area is 132 Å². The number of hydrogen-bond acceptors (Lipinski definition) is 4. The van der Waals surface area contributed by atoms with Crippen LogP contribution in [0, 0.1) is 0 Å². The third-order valence-corrected chi connectivity index (χ3v) is 3.83. The highest BCUT2D eigenvalue weighted by atomic mass is 16.2. The molecule has 0 saturated carbocycles. The van der Waals surface area contributed by atoms with Gasteiger partial charge in [-0.05, 0) is 24.1 Å². The molecule has 3 aromatic rings. The van der Waals surface area contributed by atoms with Crippen LogP contribution in [0.2, 0.25) is 0 Å². The second kappa shape index (κ2) is 6.04. The van der Waals surface area contributed by atoms with Crippen molar-refractivity contribution in [3.63, 3.8) is 0 Å². The van der Waals surface area contributed by atoms with E-state index in [9.17, 15) is 9.59 Å². The van der Waals surface area contributed by atoms with E-state index in [0.29, 0.717) is 18.7 Å². The molecule has 2 aromatic heterocycles. The fraction of sp³-hybridized carbons (Fsp3) is 0.250. The molecule has 1 amide bonds. The minimum Gasteiger partial charge on any atom is -0.350 e. The Morgan fingerprint density at radius 3 is 2.70 bits per heavy atom. The monoisotopic (exact) mass is 311 g/mol. The Morgan fingerprint density at radius 1 is 1.17 bits per heavy atom. The van der Waals surface area contributed by atoms with Gasteiger partial charge in [0.1, 0.15) is 5.69 Å². The first-order valence-corrected chi connectivity index (χ1v) is 7.26.